The second-order valence-corrected chi connectivity index (χ2v) is 8.00. The molecule has 1 aliphatic heterocycles. The van der Waals surface area contributed by atoms with Crippen LogP contribution in [0.5, 0.6) is 5.75 Å². The third-order valence-electron chi connectivity index (χ3n) is 5.25. The van der Waals surface area contributed by atoms with Gasteiger partial charge in [-0.2, -0.15) is 0 Å². The monoisotopic (exact) mass is 496 g/mol. The van der Waals surface area contributed by atoms with E-state index in [9.17, 15) is 23.5 Å². The summed E-state index contributed by atoms with van der Waals surface area (Å²) in [6, 6.07) is 9.79. The number of halogens is 3. The van der Waals surface area contributed by atoms with Gasteiger partial charge >= 0.3 is 0 Å². The molecule has 0 spiro atoms. The van der Waals surface area contributed by atoms with Crippen LogP contribution in [-0.2, 0) is 16.1 Å². The summed E-state index contributed by atoms with van der Waals surface area (Å²) in [5.41, 5.74) is 6.86. The lowest BCUT2D eigenvalue weighted by molar-refractivity contribution is -0.154. The smallest absolute Gasteiger partial charge is 0.272 e. The van der Waals surface area contributed by atoms with Crippen LogP contribution in [0.2, 0.25) is 5.02 Å². The van der Waals surface area contributed by atoms with Crippen LogP contribution in [0.15, 0.2) is 47.6 Å². The van der Waals surface area contributed by atoms with Crippen molar-refractivity contribution in [2.75, 3.05) is 13.2 Å². The summed E-state index contributed by atoms with van der Waals surface area (Å²) in [5, 5.41) is 25.0. The summed E-state index contributed by atoms with van der Waals surface area (Å²) in [6.07, 6.45) is -3.92. The average Bonchev–Trinajstić information content (AvgIpc) is 2.79. The number of likely N-dealkylation sites (tertiary alicyclic amines) is 1. The zero-order valence-electron chi connectivity index (χ0n) is 17.8. The third kappa shape index (κ3) is 6.12. The van der Waals surface area contributed by atoms with E-state index in [1.54, 1.807) is 24.3 Å². The highest BCUT2D eigenvalue weighted by molar-refractivity contribution is 6.30. The first-order chi connectivity index (χ1) is 16.2. The van der Waals surface area contributed by atoms with Crippen molar-refractivity contribution in [1.82, 2.24) is 10.2 Å². The van der Waals surface area contributed by atoms with Gasteiger partial charge in [0.05, 0.1) is 0 Å². The van der Waals surface area contributed by atoms with Crippen molar-refractivity contribution in [2.24, 2.45) is 10.9 Å². The fourth-order valence-corrected chi connectivity index (χ4v) is 3.60. The number of hydrogen-bond acceptors (Lipinski definition) is 6. The van der Waals surface area contributed by atoms with Crippen LogP contribution >= 0.6 is 11.6 Å². The summed E-state index contributed by atoms with van der Waals surface area (Å²) < 4.78 is 29.7. The maximum atomic E-state index is 12.8. The summed E-state index contributed by atoms with van der Waals surface area (Å²) >= 11 is 5.96. The Hall–Kier alpha value is -3.44. The topological polar surface area (TPSA) is 137 Å². The van der Waals surface area contributed by atoms with Crippen molar-refractivity contribution in [2.45, 2.75) is 31.5 Å². The zero-order chi connectivity index (χ0) is 24.8. The van der Waals surface area contributed by atoms with Crippen LogP contribution in [-0.4, -0.2) is 58.5 Å². The summed E-state index contributed by atoms with van der Waals surface area (Å²) in [5.74, 6) is -1.15. The Kier molecular flexibility index (Phi) is 8.24. The van der Waals surface area contributed by atoms with Crippen molar-refractivity contribution < 1.29 is 33.4 Å². The van der Waals surface area contributed by atoms with Crippen LogP contribution in [0.25, 0.3) is 0 Å². The molecule has 5 N–H and O–H groups in total. The molecule has 0 saturated carbocycles. The van der Waals surface area contributed by atoms with Gasteiger partial charge in [-0.25, -0.2) is 8.78 Å². The maximum Gasteiger partial charge on any atom is 0.272 e. The van der Waals surface area contributed by atoms with E-state index in [4.69, 9.17) is 27.3 Å². The average molecular weight is 497 g/mol. The molecule has 1 aliphatic rings. The molecule has 2 aromatic rings. The molecule has 1 fully saturated rings. The van der Waals surface area contributed by atoms with Gasteiger partial charge in [0, 0.05) is 23.7 Å². The molecular formula is C22H23ClF2N4O5. The summed E-state index contributed by atoms with van der Waals surface area (Å²) in [4.78, 5) is 26.6. The van der Waals surface area contributed by atoms with Gasteiger partial charge in [-0.3, -0.25) is 9.59 Å². The number of benzene rings is 2. The molecule has 12 heteroatoms. The number of amidine groups is 1. The third-order valence-corrected chi connectivity index (χ3v) is 5.47. The Balaban J connectivity index is 1.59. The van der Waals surface area contributed by atoms with E-state index in [-0.39, 0.29) is 41.2 Å². The summed E-state index contributed by atoms with van der Waals surface area (Å²) in [6.45, 7) is -0.392. The molecule has 2 unspecified atom stereocenters. The van der Waals surface area contributed by atoms with Crippen molar-refractivity contribution in [1.29, 1.82) is 0 Å². The molecule has 0 aromatic heterocycles. The number of nitrogens with two attached hydrogens (primary N) is 1. The van der Waals surface area contributed by atoms with Crippen molar-refractivity contribution >= 4 is 29.3 Å². The van der Waals surface area contributed by atoms with Crippen LogP contribution in [0.3, 0.4) is 0 Å². The molecule has 3 rings (SSSR count). The standard InChI is InChI=1S/C22H23ClF2N4O5/c23-15-7-14(8-16(9-15)34-11-18(24)25)19(30)22(32)29-6-5-17(29)21(31)27-10-12-1-3-13(4-2-12)20(26)28-33/h1-4,7-9,17-19,30,33H,5-6,10-11H2,(H2,26,28)(H,27,31). The van der Waals surface area contributed by atoms with Crippen LogP contribution in [0.1, 0.15) is 29.2 Å². The second kappa shape index (κ2) is 11.1. The van der Waals surface area contributed by atoms with E-state index >= 15 is 0 Å². The minimum atomic E-state index is -2.69. The number of oxime groups is 1. The normalized spacial score (nSPS) is 16.7. The predicted octanol–water partition coefficient (Wildman–Crippen LogP) is 2.03. The molecule has 2 atom stereocenters. The molecule has 1 saturated heterocycles. The van der Waals surface area contributed by atoms with Gasteiger partial charge < -0.3 is 31.0 Å². The van der Waals surface area contributed by atoms with E-state index in [2.05, 4.69) is 10.5 Å². The first-order valence-electron chi connectivity index (χ1n) is 10.2. The van der Waals surface area contributed by atoms with Crippen LogP contribution < -0.4 is 15.8 Å². The van der Waals surface area contributed by atoms with Gasteiger partial charge in [-0.1, -0.05) is 41.0 Å². The lowest BCUT2D eigenvalue weighted by Gasteiger charge is -2.40. The van der Waals surface area contributed by atoms with Gasteiger partial charge in [0.25, 0.3) is 12.3 Å². The van der Waals surface area contributed by atoms with Crippen molar-refractivity contribution in [3.63, 3.8) is 0 Å². The summed E-state index contributed by atoms with van der Waals surface area (Å²) in [7, 11) is 0. The molecule has 0 aliphatic carbocycles. The Labute approximate surface area is 198 Å². The molecule has 0 bridgehead atoms. The lowest BCUT2D eigenvalue weighted by Crippen LogP contribution is -2.59. The second-order valence-electron chi connectivity index (χ2n) is 7.56. The number of aliphatic hydroxyl groups excluding tert-OH is 1. The molecule has 9 nitrogen and oxygen atoms in total. The number of rotatable bonds is 9. The first-order valence-corrected chi connectivity index (χ1v) is 10.6. The van der Waals surface area contributed by atoms with Crippen molar-refractivity contribution in [3.8, 4) is 5.75 Å². The number of amides is 2. The van der Waals surface area contributed by atoms with Gasteiger partial charge in [0.15, 0.2) is 11.9 Å². The Bertz CT molecular complexity index is 1070. The van der Waals surface area contributed by atoms with Crippen LogP contribution in [0, 0.1) is 0 Å². The number of nitrogens with zero attached hydrogens (tertiary/aromatic N) is 2. The number of carbonyl (C=O) groups excluding carboxylic acids is 2. The molecule has 2 amide bonds. The Morgan fingerprint density at radius 1 is 1.26 bits per heavy atom. The SMILES string of the molecule is N/C(=N/O)c1ccc(CNC(=O)C2CCN2C(=O)C(O)c2cc(Cl)cc(OCC(F)F)c2)cc1. The number of nitrogens with one attached hydrogen (secondary N) is 1. The van der Waals surface area contributed by atoms with E-state index in [1.807, 2.05) is 0 Å². The molecule has 34 heavy (non-hydrogen) atoms. The van der Waals surface area contributed by atoms with E-state index in [1.165, 1.54) is 23.1 Å². The fourth-order valence-electron chi connectivity index (χ4n) is 3.37. The minimum Gasteiger partial charge on any atom is -0.488 e. The molecule has 0 radical (unpaired) electrons. The number of hydrogen-bond donors (Lipinski definition) is 4. The van der Waals surface area contributed by atoms with Gasteiger partial charge in [0.1, 0.15) is 18.4 Å². The number of alkyl halides is 2. The lowest BCUT2D eigenvalue weighted by atomic mass is 9.98. The van der Waals surface area contributed by atoms with E-state index < -0.39 is 31.1 Å². The fraction of sp³-hybridized carbons (Fsp3) is 0.318. The first kappa shape index (κ1) is 25.2. The predicted molar refractivity (Wildman–Crippen MR) is 119 cm³/mol. The number of ether oxygens (including phenoxy) is 1. The maximum absolute atomic E-state index is 12.8. The molecular weight excluding hydrogens is 474 g/mol. The van der Waals surface area contributed by atoms with E-state index in [0.717, 1.165) is 5.56 Å². The quantitative estimate of drug-likeness (QED) is 0.181. The molecule has 1 heterocycles. The van der Waals surface area contributed by atoms with Crippen LogP contribution in [0.4, 0.5) is 8.78 Å². The Morgan fingerprint density at radius 2 is 1.97 bits per heavy atom. The van der Waals surface area contributed by atoms with Gasteiger partial charge in [0.2, 0.25) is 5.91 Å². The minimum absolute atomic E-state index is 0.00871. The van der Waals surface area contributed by atoms with Gasteiger partial charge in [-0.05, 0) is 35.7 Å². The van der Waals surface area contributed by atoms with Crippen molar-refractivity contribution in [3.05, 3.63) is 64.2 Å². The number of carbonyl (C=O) groups is 2. The van der Waals surface area contributed by atoms with E-state index in [0.29, 0.717) is 12.0 Å². The largest absolute Gasteiger partial charge is 0.488 e. The molecule has 2 aromatic carbocycles. The zero-order valence-corrected chi connectivity index (χ0v) is 18.6. The highest BCUT2D eigenvalue weighted by atomic mass is 35.5. The Morgan fingerprint density at radius 3 is 2.56 bits per heavy atom. The van der Waals surface area contributed by atoms with Gasteiger partial charge in [-0.15, -0.1) is 0 Å². The highest BCUT2D eigenvalue weighted by Gasteiger charge is 2.40. The number of aliphatic hydroxyl groups is 1. The molecule has 182 valence electrons. The highest BCUT2D eigenvalue weighted by Crippen LogP contribution is 2.29.